The number of ether oxygens (including phenoxy) is 2. The Kier molecular flexibility index (Phi) is 12.3. The van der Waals surface area contributed by atoms with Crippen LogP contribution in [0.1, 0.15) is 45.4 Å². The van der Waals surface area contributed by atoms with Gasteiger partial charge in [0.25, 0.3) is 5.56 Å². The number of imidazole rings is 1. The first-order valence-electron chi connectivity index (χ1n) is 10.7. The average molecular weight is 449 g/mol. The van der Waals surface area contributed by atoms with Crippen molar-refractivity contribution in [3.05, 3.63) is 58.6 Å². The minimum absolute atomic E-state index is 0.179. The van der Waals surface area contributed by atoms with Gasteiger partial charge in [-0.3, -0.25) is 4.79 Å². The molecule has 178 valence electrons. The topological polar surface area (TPSA) is 136 Å². The number of aromatic amines is 1. The second-order valence-electron chi connectivity index (χ2n) is 6.81. The van der Waals surface area contributed by atoms with Gasteiger partial charge in [0.15, 0.2) is 5.52 Å². The van der Waals surface area contributed by atoms with Crippen LogP contribution in [-0.2, 0) is 16.1 Å². The van der Waals surface area contributed by atoms with Crippen molar-refractivity contribution in [2.24, 2.45) is 0 Å². The van der Waals surface area contributed by atoms with Crippen molar-refractivity contribution in [3.63, 3.8) is 0 Å². The van der Waals surface area contributed by atoms with E-state index in [0.29, 0.717) is 23.5 Å². The number of H-pyrrole nitrogens is 1. The molecule has 3 unspecified atom stereocenters. The third-order valence-corrected chi connectivity index (χ3v) is 4.63. The summed E-state index contributed by atoms with van der Waals surface area (Å²) in [5.41, 5.74) is 7.56. The number of fused-ring (bicyclic) bond motifs is 1. The van der Waals surface area contributed by atoms with E-state index in [-0.39, 0.29) is 17.9 Å². The smallest absolute Gasteiger partial charge is 0.277 e. The largest absolute Gasteiger partial charge is 0.400 e. The predicted octanol–water partition coefficient (Wildman–Crippen LogP) is 2.83. The number of aliphatic hydroxyl groups is 2. The molecule has 0 saturated carbocycles. The summed E-state index contributed by atoms with van der Waals surface area (Å²) in [6.45, 7) is 6.42. The van der Waals surface area contributed by atoms with Gasteiger partial charge in [0, 0.05) is 20.3 Å². The van der Waals surface area contributed by atoms with Gasteiger partial charge in [-0.2, -0.15) is 0 Å². The first-order chi connectivity index (χ1) is 15.5. The number of anilines is 1. The minimum Gasteiger partial charge on any atom is -0.400 e. The second-order valence-corrected chi connectivity index (χ2v) is 6.81. The summed E-state index contributed by atoms with van der Waals surface area (Å²) in [6.07, 6.45) is 2.23. The van der Waals surface area contributed by atoms with Crippen LogP contribution < -0.4 is 11.3 Å². The first-order valence-corrected chi connectivity index (χ1v) is 10.7. The number of rotatable bonds is 4. The molecule has 1 aliphatic rings. The van der Waals surface area contributed by atoms with E-state index < -0.39 is 6.10 Å². The van der Waals surface area contributed by atoms with Crippen molar-refractivity contribution >= 4 is 16.9 Å². The van der Waals surface area contributed by atoms with Gasteiger partial charge < -0.3 is 35.0 Å². The molecule has 3 atom stereocenters. The molecule has 0 bridgehead atoms. The average Bonchev–Trinajstić information content (AvgIpc) is 3.45. The second kappa shape index (κ2) is 14.4. The highest BCUT2D eigenvalue weighted by molar-refractivity contribution is 5.76. The molecule has 9 nitrogen and oxygen atoms in total. The van der Waals surface area contributed by atoms with Gasteiger partial charge in [-0.25, -0.2) is 4.98 Å². The Bertz CT molecular complexity index is 956. The number of nitrogens with zero attached hydrogens (tertiary/aromatic N) is 2. The number of nitrogens with two attached hydrogens (primary N) is 1. The van der Waals surface area contributed by atoms with E-state index in [1.807, 2.05) is 44.2 Å². The number of benzene rings is 1. The van der Waals surface area contributed by atoms with Gasteiger partial charge >= 0.3 is 0 Å². The molecule has 0 aliphatic carbocycles. The van der Waals surface area contributed by atoms with Crippen molar-refractivity contribution < 1.29 is 19.7 Å². The van der Waals surface area contributed by atoms with Gasteiger partial charge in [0.05, 0.1) is 30.7 Å². The van der Waals surface area contributed by atoms with Crippen LogP contribution in [0.25, 0.3) is 11.0 Å². The molecule has 4 rings (SSSR count). The molecule has 2 aromatic heterocycles. The SMILES string of the molecule is CC.CC(O)C1CCC(n2cnc3c(=O)[nH]c(N)cc32)O1.CO.COCc1ccccc1. The highest BCUT2D eigenvalue weighted by atomic mass is 16.5. The molecule has 3 aromatic rings. The van der Waals surface area contributed by atoms with Crippen LogP contribution in [0, 0.1) is 0 Å². The lowest BCUT2D eigenvalue weighted by atomic mass is 10.1. The molecule has 3 heterocycles. The van der Waals surface area contributed by atoms with Gasteiger partial charge in [0.1, 0.15) is 12.0 Å². The van der Waals surface area contributed by atoms with E-state index in [1.54, 1.807) is 31.0 Å². The Balaban J connectivity index is 0.000000332. The Morgan fingerprint density at radius 3 is 2.50 bits per heavy atom. The molecule has 1 saturated heterocycles. The molecule has 1 aliphatic heterocycles. The molecule has 0 radical (unpaired) electrons. The van der Waals surface area contributed by atoms with Gasteiger partial charge in [-0.05, 0) is 25.3 Å². The Labute approximate surface area is 188 Å². The van der Waals surface area contributed by atoms with E-state index in [2.05, 4.69) is 9.97 Å². The van der Waals surface area contributed by atoms with Crippen LogP contribution in [0.5, 0.6) is 0 Å². The number of nitrogens with one attached hydrogen (secondary N) is 1. The fraction of sp³-hybridized carbons (Fsp3) is 0.478. The highest BCUT2D eigenvalue weighted by Gasteiger charge is 2.30. The number of methoxy groups -OCH3 is 1. The van der Waals surface area contributed by atoms with Crippen molar-refractivity contribution in [2.45, 2.75) is 58.7 Å². The number of aliphatic hydroxyl groups excluding tert-OH is 2. The summed E-state index contributed by atoms with van der Waals surface area (Å²) < 4.78 is 12.5. The molecule has 0 spiro atoms. The standard InChI is InChI=1S/C12H16N4O3.C8H10O.C2H6.CH4O/c1-6(17)8-2-3-10(19-8)16-5-14-11-7(16)4-9(13)15-12(11)18;1-9-7-8-5-3-2-4-6-8;2*1-2/h4-6,8,10,17H,2-3H2,1H3,(H3,13,15,18);2-6H,7H2,1H3;1-2H3;2H,1H3. The molecule has 1 fully saturated rings. The normalized spacial score (nSPS) is 17.8. The maximum atomic E-state index is 11.7. The van der Waals surface area contributed by atoms with Gasteiger partial charge in [-0.1, -0.05) is 44.2 Å². The van der Waals surface area contributed by atoms with Crippen LogP contribution >= 0.6 is 0 Å². The number of aromatic nitrogens is 3. The molecular weight excluding hydrogens is 412 g/mol. The van der Waals surface area contributed by atoms with Crippen molar-refractivity contribution in [3.8, 4) is 0 Å². The maximum Gasteiger partial charge on any atom is 0.277 e. The monoisotopic (exact) mass is 448 g/mol. The van der Waals surface area contributed by atoms with Crippen LogP contribution in [0.4, 0.5) is 5.82 Å². The van der Waals surface area contributed by atoms with Crippen LogP contribution in [-0.4, -0.2) is 51.2 Å². The minimum atomic E-state index is -0.506. The van der Waals surface area contributed by atoms with Gasteiger partial charge in [0.2, 0.25) is 0 Å². The lowest BCUT2D eigenvalue weighted by molar-refractivity contribution is -0.0513. The predicted molar refractivity (Wildman–Crippen MR) is 126 cm³/mol. The fourth-order valence-electron chi connectivity index (χ4n) is 3.24. The molecule has 1 aromatic carbocycles. The molecule has 0 amide bonds. The fourth-order valence-corrected chi connectivity index (χ4v) is 3.24. The summed E-state index contributed by atoms with van der Waals surface area (Å²) in [5.74, 6) is 0.296. The van der Waals surface area contributed by atoms with E-state index >= 15 is 0 Å². The highest BCUT2D eigenvalue weighted by Crippen LogP contribution is 2.31. The Morgan fingerprint density at radius 2 is 1.94 bits per heavy atom. The van der Waals surface area contributed by atoms with E-state index in [9.17, 15) is 9.90 Å². The zero-order chi connectivity index (χ0) is 24.1. The van der Waals surface area contributed by atoms with E-state index in [0.717, 1.165) is 20.0 Å². The molecule has 5 N–H and O–H groups in total. The summed E-state index contributed by atoms with van der Waals surface area (Å²) in [4.78, 5) is 18.3. The molecular formula is C23H36N4O5. The summed E-state index contributed by atoms with van der Waals surface area (Å²) in [7, 11) is 2.70. The van der Waals surface area contributed by atoms with Crippen molar-refractivity contribution in [1.82, 2.24) is 14.5 Å². The van der Waals surface area contributed by atoms with E-state index in [1.165, 1.54) is 5.56 Å². The van der Waals surface area contributed by atoms with Crippen molar-refractivity contribution in [1.29, 1.82) is 0 Å². The molecule has 9 heteroatoms. The third kappa shape index (κ3) is 7.45. The zero-order valence-corrected chi connectivity index (χ0v) is 19.5. The maximum absolute atomic E-state index is 11.7. The summed E-state index contributed by atoms with van der Waals surface area (Å²) in [6, 6.07) is 11.8. The van der Waals surface area contributed by atoms with Crippen molar-refractivity contribution in [2.75, 3.05) is 20.0 Å². The molecule has 32 heavy (non-hydrogen) atoms. The number of hydrogen-bond donors (Lipinski definition) is 4. The Morgan fingerprint density at radius 1 is 1.28 bits per heavy atom. The van der Waals surface area contributed by atoms with Gasteiger partial charge in [-0.15, -0.1) is 0 Å². The number of pyridine rings is 1. The third-order valence-electron chi connectivity index (χ3n) is 4.63. The van der Waals surface area contributed by atoms with E-state index in [4.69, 9.17) is 20.3 Å². The first kappa shape index (κ1) is 27.3. The number of hydrogen-bond acceptors (Lipinski definition) is 7. The lowest BCUT2D eigenvalue weighted by Gasteiger charge is -2.17. The number of nitrogen functional groups attached to an aromatic ring is 1. The van der Waals surface area contributed by atoms with Crippen LogP contribution in [0.3, 0.4) is 0 Å². The van der Waals surface area contributed by atoms with Crippen LogP contribution in [0.2, 0.25) is 0 Å². The summed E-state index contributed by atoms with van der Waals surface area (Å²) in [5, 5.41) is 16.5. The Hall–Kier alpha value is -2.72. The summed E-state index contributed by atoms with van der Waals surface area (Å²) >= 11 is 0. The van der Waals surface area contributed by atoms with Crippen LogP contribution in [0.15, 0.2) is 47.5 Å². The lowest BCUT2D eigenvalue weighted by Crippen LogP contribution is -2.22. The quantitative estimate of drug-likeness (QED) is 0.482. The zero-order valence-electron chi connectivity index (χ0n) is 19.5.